The lowest BCUT2D eigenvalue weighted by molar-refractivity contribution is 0.659. The molecule has 0 saturated carbocycles. The van der Waals surface area contributed by atoms with E-state index in [-0.39, 0.29) is 5.69 Å². The molecule has 16 heavy (non-hydrogen) atoms. The van der Waals surface area contributed by atoms with E-state index >= 15 is 0 Å². The Bertz CT molecular complexity index is 547. The van der Waals surface area contributed by atoms with E-state index in [0.717, 1.165) is 0 Å². The molecule has 3 N–H and O–H groups in total. The number of nitrogen functional groups attached to an aromatic ring is 1. The molecule has 2 rings (SSSR count). The summed E-state index contributed by atoms with van der Waals surface area (Å²) in [6, 6.07) is 1.60. The van der Waals surface area contributed by atoms with Crippen LogP contribution in [0.5, 0.6) is 0 Å². The van der Waals surface area contributed by atoms with Crippen molar-refractivity contribution in [3.63, 3.8) is 0 Å². The fourth-order valence-electron chi connectivity index (χ4n) is 1.14. The smallest absolute Gasteiger partial charge is 0.343 e. The van der Waals surface area contributed by atoms with Crippen LogP contribution in [0.3, 0.4) is 0 Å². The minimum atomic E-state index is -0.242. The van der Waals surface area contributed by atoms with E-state index in [1.807, 2.05) is 6.92 Å². The minimum Gasteiger partial charge on any atom is -0.384 e. The predicted octanol–water partition coefficient (Wildman–Crippen LogP) is 0.115. The molecule has 8 heteroatoms. The summed E-state index contributed by atoms with van der Waals surface area (Å²) in [5.41, 5.74) is 5.29. The van der Waals surface area contributed by atoms with Crippen LogP contribution in [-0.4, -0.2) is 24.7 Å². The zero-order valence-electron chi connectivity index (χ0n) is 8.54. The summed E-state index contributed by atoms with van der Waals surface area (Å²) in [5, 5.41) is 7.24. The van der Waals surface area contributed by atoms with Gasteiger partial charge in [0.05, 0.1) is 0 Å². The van der Waals surface area contributed by atoms with Crippen molar-refractivity contribution in [3.05, 3.63) is 22.7 Å². The Morgan fingerprint density at radius 2 is 2.44 bits per heavy atom. The Labute approximate surface area is 95.1 Å². The number of nitrogens with two attached hydrogens (primary N) is 1. The van der Waals surface area contributed by atoms with E-state index < -0.39 is 0 Å². The minimum absolute atomic E-state index is 0.242. The molecular weight excluding hydrogens is 228 g/mol. The Morgan fingerprint density at radius 3 is 3.12 bits per heavy atom. The quantitative estimate of drug-likeness (QED) is 0.736. The molecule has 2 heterocycles. The Kier molecular flexibility index (Phi) is 2.91. The Balaban J connectivity index is 2.30. The van der Waals surface area contributed by atoms with Crippen LogP contribution in [0.1, 0.15) is 6.92 Å². The monoisotopic (exact) mass is 238 g/mol. The highest BCUT2D eigenvalue weighted by Gasteiger charge is 2.09. The summed E-state index contributed by atoms with van der Waals surface area (Å²) >= 11 is 1.19. The van der Waals surface area contributed by atoms with Gasteiger partial charge in [-0.2, -0.15) is 0 Å². The largest absolute Gasteiger partial charge is 0.384 e. The zero-order chi connectivity index (χ0) is 11.5. The van der Waals surface area contributed by atoms with Gasteiger partial charge < -0.3 is 5.73 Å². The highest BCUT2D eigenvalue weighted by molar-refractivity contribution is 7.99. The van der Waals surface area contributed by atoms with Crippen molar-refractivity contribution in [2.45, 2.75) is 23.8 Å². The standard InChI is InChI=1S/C8H10N6OS/c1-2-14-7(15)12-13-8(14)16-6-10-4-3-5(9)11-6/h3-4H,2H2,1H3,(H,12,15)(H2,9,10,11). The number of rotatable bonds is 3. The number of anilines is 1. The first kappa shape index (κ1) is 10.7. The predicted molar refractivity (Wildman–Crippen MR) is 59.1 cm³/mol. The number of aromatic amines is 1. The molecule has 0 aromatic carbocycles. The Hall–Kier alpha value is -1.83. The average Bonchev–Trinajstić information content (AvgIpc) is 2.59. The molecule has 0 radical (unpaired) electrons. The lowest BCUT2D eigenvalue weighted by atomic mass is 10.6. The molecular formula is C8H10N6OS. The second-order valence-electron chi connectivity index (χ2n) is 2.92. The Morgan fingerprint density at radius 1 is 1.62 bits per heavy atom. The van der Waals surface area contributed by atoms with Crippen LogP contribution >= 0.6 is 11.8 Å². The van der Waals surface area contributed by atoms with Crippen LogP contribution in [-0.2, 0) is 6.54 Å². The molecule has 0 fully saturated rings. The van der Waals surface area contributed by atoms with Gasteiger partial charge in [0.1, 0.15) is 5.82 Å². The number of aromatic nitrogens is 5. The molecule has 0 atom stereocenters. The van der Waals surface area contributed by atoms with Crippen molar-refractivity contribution in [1.29, 1.82) is 0 Å². The fourth-order valence-corrected chi connectivity index (χ4v) is 1.99. The first-order valence-corrected chi connectivity index (χ1v) is 5.44. The van der Waals surface area contributed by atoms with Crippen LogP contribution in [0, 0.1) is 0 Å². The highest BCUT2D eigenvalue weighted by atomic mass is 32.2. The molecule has 2 aromatic rings. The van der Waals surface area contributed by atoms with Gasteiger partial charge in [0, 0.05) is 12.7 Å². The lowest BCUT2D eigenvalue weighted by Gasteiger charge is -2.00. The van der Waals surface area contributed by atoms with E-state index in [4.69, 9.17) is 5.73 Å². The second kappa shape index (κ2) is 4.35. The van der Waals surface area contributed by atoms with Crippen molar-refractivity contribution >= 4 is 17.6 Å². The van der Waals surface area contributed by atoms with Gasteiger partial charge in [-0.25, -0.2) is 19.9 Å². The van der Waals surface area contributed by atoms with Gasteiger partial charge >= 0.3 is 5.69 Å². The maximum atomic E-state index is 11.3. The molecule has 0 spiro atoms. The molecule has 0 amide bonds. The molecule has 0 unspecified atom stereocenters. The third kappa shape index (κ3) is 2.06. The van der Waals surface area contributed by atoms with E-state index in [0.29, 0.717) is 22.7 Å². The van der Waals surface area contributed by atoms with Gasteiger partial charge in [-0.15, -0.1) is 5.10 Å². The lowest BCUT2D eigenvalue weighted by Crippen LogP contribution is -2.16. The van der Waals surface area contributed by atoms with E-state index in [9.17, 15) is 4.79 Å². The van der Waals surface area contributed by atoms with Gasteiger partial charge in [0.15, 0.2) is 10.3 Å². The second-order valence-corrected chi connectivity index (χ2v) is 3.86. The summed E-state index contributed by atoms with van der Waals surface area (Å²) in [7, 11) is 0. The van der Waals surface area contributed by atoms with Crippen LogP contribution in [0.2, 0.25) is 0 Å². The summed E-state index contributed by atoms with van der Waals surface area (Å²) < 4.78 is 1.50. The first-order chi connectivity index (χ1) is 7.70. The molecule has 84 valence electrons. The van der Waals surface area contributed by atoms with Gasteiger partial charge in [0.25, 0.3) is 0 Å². The summed E-state index contributed by atoms with van der Waals surface area (Å²) in [6.45, 7) is 2.40. The molecule has 0 aliphatic carbocycles. The van der Waals surface area contributed by atoms with Gasteiger partial charge in [-0.3, -0.25) is 4.57 Å². The van der Waals surface area contributed by atoms with E-state index in [2.05, 4.69) is 20.2 Å². The third-order valence-corrected chi connectivity index (χ3v) is 2.75. The molecule has 0 bridgehead atoms. The molecule has 7 nitrogen and oxygen atoms in total. The van der Waals surface area contributed by atoms with Crippen molar-refractivity contribution in [2.24, 2.45) is 0 Å². The highest BCUT2D eigenvalue weighted by Crippen LogP contribution is 2.21. The number of H-pyrrole nitrogens is 1. The van der Waals surface area contributed by atoms with Crippen LogP contribution in [0.4, 0.5) is 5.82 Å². The summed E-state index contributed by atoms with van der Waals surface area (Å²) in [4.78, 5) is 19.3. The maximum absolute atomic E-state index is 11.3. The van der Waals surface area contributed by atoms with Crippen LogP contribution in [0.25, 0.3) is 0 Å². The molecule has 0 aliphatic heterocycles. The number of nitrogens with one attached hydrogen (secondary N) is 1. The molecule has 0 aliphatic rings. The number of nitrogens with zero attached hydrogens (tertiary/aromatic N) is 4. The average molecular weight is 238 g/mol. The maximum Gasteiger partial charge on any atom is 0.343 e. The first-order valence-electron chi connectivity index (χ1n) is 4.62. The van der Waals surface area contributed by atoms with Crippen LogP contribution < -0.4 is 11.4 Å². The van der Waals surface area contributed by atoms with E-state index in [1.165, 1.54) is 16.3 Å². The number of hydrogen-bond acceptors (Lipinski definition) is 6. The zero-order valence-corrected chi connectivity index (χ0v) is 9.36. The van der Waals surface area contributed by atoms with Crippen molar-refractivity contribution < 1.29 is 0 Å². The van der Waals surface area contributed by atoms with Crippen LogP contribution in [0.15, 0.2) is 27.4 Å². The summed E-state index contributed by atoms with van der Waals surface area (Å²) in [6.07, 6.45) is 1.56. The van der Waals surface area contributed by atoms with Crippen molar-refractivity contribution in [3.8, 4) is 0 Å². The van der Waals surface area contributed by atoms with Crippen molar-refractivity contribution in [2.75, 3.05) is 5.73 Å². The summed E-state index contributed by atoms with van der Waals surface area (Å²) in [5.74, 6) is 0.387. The third-order valence-electron chi connectivity index (χ3n) is 1.88. The van der Waals surface area contributed by atoms with Gasteiger partial charge in [-0.05, 0) is 24.8 Å². The van der Waals surface area contributed by atoms with Gasteiger partial charge in [-0.1, -0.05) is 0 Å². The van der Waals surface area contributed by atoms with E-state index in [1.54, 1.807) is 12.3 Å². The molecule has 0 saturated heterocycles. The van der Waals surface area contributed by atoms with Gasteiger partial charge in [0.2, 0.25) is 0 Å². The topological polar surface area (TPSA) is 102 Å². The van der Waals surface area contributed by atoms with Crippen molar-refractivity contribution in [1.82, 2.24) is 24.7 Å². The normalized spacial score (nSPS) is 10.6. The molecule has 2 aromatic heterocycles. The fraction of sp³-hybridized carbons (Fsp3) is 0.250. The SMILES string of the molecule is CCn1c(Sc2nccc(N)n2)n[nH]c1=O. The number of hydrogen-bond donors (Lipinski definition) is 2.